The van der Waals surface area contributed by atoms with E-state index in [0.29, 0.717) is 0 Å². The van der Waals surface area contributed by atoms with Crippen molar-refractivity contribution in [1.82, 2.24) is 4.98 Å². The van der Waals surface area contributed by atoms with Crippen molar-refractivity contribution in [1.29, 1.82) is 0 Å². The highest BCUT2D eigenvalue weighted by Gasteiger charge is 2.17. The van der Waals surface area contributed by atoms with Gasteiger partial charge in [-0.25, -0.2) is 4.98 Å². The second-order valence-corrected chi connectivity index (χ2v) is 5.52. The fraction of sp³-hybridized carbons (Fsp3) is 0.400. The third kappa shape index (κ3) is 2.96. The van der Waals surface area contributed by atoms with Crippen molar-refractivity contribution in [2.45, 2.75) is 0 Å². The highest BCUT2D eigenvalue weighted by atomic mass is 32.1. The van der Waals surface area contributed by atoms with Crippen molar-refractivity contribution in [2.24, 2.45) is 0 Å². The Balaban J connectivity index is 1.91. The normalized spacial score (nSPS) is 15.0. The van der Waals surface area contributed by atoms with Crippen LogP contribution in [0.3, 0.4) is 0 Å². The van der Waals surface area contributed by atoms with Gasteiger partial charge in [-0.1, -0.05) is 0 Å². The van der Waals surface area contributed by atoms with Crippen LogP contribution < -0.4 is 14.4 Å². The number of thiazole rings is 1. The first-order valence-electron chi connectivity index (χ1n) is 6.82. The molecule has 0 saturated carbocycles. The zero-order chi connectivity index (χ0) is 14.7. The summed E-state index contributed by atoms with van der Waals surface area (Å²) in [5.41, 5.74) is 1.87. The van der Waals surface area contributed by atoms with Crippen LogP contribution in [0.15, 0.2) is 23.6 Å². The minimum absolute atomic E-state index is 0.761. The summed E-state index contributed by atoms with van der Waals surface area (Å²) >= 11 is 1.65. The SMILES string of the molecule is COc1ccc(OC)c(-c2csc(N3CCOCC3)n2)c1. The van der Waals surface area contributed by atoms with E-state index >= 15 is 0 Å². The quantitative estimate of drug-likeness (QED) is 0.869. The molecule has 1 fully saturated rings. The Morgan fingerprint density at radius 3 is 2.71 bits per heavy atom. The maximum absolute atomic E-state index is 5.43. The number of methoxy groups -OCH3 is 2. The lowest BCUT2D eigenvalue weighted by Gasteiger charge is -2.26. The van der Waals surface area contributed by atoms with E-state index in [0.717, 1.165) is 54.2 Å². The van der Waals surface area contributed by atoms with Gasteiger partial charge in [0.05, 0.1) is 33.1 Å². The van der Waals surface area contributed by atoms with Gasteiger partial charge in [-0.2, -0.15) is 0 Å². The number of aromatic nitrogens is 1. The third-order valence-corrected chi connectivity index (χ3v) is 4.36. The monoisotopic (exact) mass is 306 g/mol. The van der Waals surface area contributed by atoms with Gasteiger partial charge in [0.25, 0.3) is 0 Å². The Morgan fingerprint density at radius 2 is 2.00 bits per heavy atom. The van der Waals surface area contributed by atoms with Crippen molar-refractivity contribution in [3.63, 3.8) is 0 Å². The van der Waals surface area contributed by atoms with Gasteiger partial charge >= 0.3 is 0 Å². The van der Waals surface area contributed by atoms with Crippen LogP contribution in [0.2, 0.25) is 0 Å². The predicted octanol–water partition coefficient (Wildman–Crippen LogP) is 2.66. The number of ether oxygens (including phenoxy) is 3. The van der Waals surface area contributed by atoms with E-state index in [9.17, 15) is 0 Å². The number of rotatable bonds is 4. The lowest BCUT2D eigenvalue weighted by molar-refractivity contribution is 0.122. The molecule has 6 heteroatoms. The Kier molecular flexibility index (Phi) is 4.26. The van der Waals surface area contributed by atoms with Gasteiger partial charge in [0.1, 0.15) is 11.5 Å². The maximum Gasteiger partial charge on any atom is 0.186 e. The molecule has 3 rings (SSSR count). The molecule has 0 N–H and O–H groups in total. The first kappa shape index (κ1) is 14.2. The first-order chi connectivity index (χ1) is 10.3. The van der Waals surface area contributed by atoms with Crippen LogP contribution in [0.1, 0.15) is 0 Å². The molecule has 1 aromatic heterocycles. The first-order valence-corrected chi connectivity index (χ1v) is 7.70. The molecule has 1 aromatic carbocycles. The van der Waals surface area contributed by atoms with Gasteiger partial charge in [-0.3, -0.25) is 0 Å². The summed E-state index contributed by atoms with van der Waals surface area (Å²) in [5, 5.41) is 3.08. The van der Waals surface area contributed by atoms with Crippen molar-refractivity contribution in [3.8, 4) is 22.8 Å². The third-order valence-electron chi connectivity index (χ3n) is 3.46. The second kappa shape index (κ2) is 6.32. The number of hydrogen-bond donors (Lipinski definition) is 0. The fourth-order valence-electron chi connectivity index (χ4n) is 2.30. The van der Waals surface area contributed by atoms with Crippen molar-refractivity contribution in [3.05, 3.63) is 23.6 Å². The summed E-state index contributed by atoms with van der Waals surface area (Å²) in [6.45, 7) is 3.30. The molecule has 2 aromatic rings. The fourth-order valence-corrected chi connectivity index (χ4v) is 3.18. The number of nitrogens with zero attached hydrogens (tertiary/aromatic N) is 2. The van der Waals surface area contributed by atoms with Crippen LogP contribution >= 0.6 is 11.3 Å². The Morgan fingerprint density at radius 1 is 1.19 bits per heavy atom. The van der Waals surface area contributed by atoms with Crippen LogP contribution in [0, 0.1) is 0 Å². The standard InChI is InChI=1S/C15H18N2O3S/c1-18-11-3-4-14(19-2)12(9-11)13-10-21-15(16-13)17-5-7-20-8-6-17/h3-4,9-10H,5-8H2,1-2H3. The zero-order valence-electron chi connectivity index (χ0n) is 12.2. The van der Waals surface area contributed by atoms with E-state index in [1.807, 2.05) is 18.2 Å². The van der Waals surface area contributed by atoms with Gasteiger partial charge < -0.3 is 19.1 Å². The molecule has 0 unspecified atom stereocenters. The van der Waals surface area contributed by atoms with E-state index in [4.69, 9.17) is 19.2 Å². The molecule has 112 valence electrons. The van der Waals surface area contributed by atoms with Crippen molar-refractivity contribution >= 4 is 16.5 Å². The van der Waals surface area contributed by atoms with Crippen LogP contribution in [0.4, 0.5) is 5.13 Å². The van der Waals surface area contributed by atoms with E-state index in [2.05, 4.69) is 10.3 Å². The molecule has 0 bridgehead atoms. The molecule has 5 nitrogen and oxygen atoms in total. The van der Waals surface area contributed by atoms with Crippen molar-refractivity contribution < 1.29 is 14.2 Å². The number of benzene rings is 1. The molecule has 1 saturated heterocycles. The lowest BCUT2D eigenvalue weighted by Crippen LogP contribution is -2.36. The number of hydrogen-bond acceptors (Lipinski definition) is 6. The molecular formula is C15H18N2O3S. The largest absolute Gasteiger partial charge is 0.497 e. The van der Waals surface area contributed by atoms with Crippen LogP contribution in [-0.4, -0.2) is 45.5 Å². The van der Waals surface area contributed by atoms with Crippen LogP contribution in [-0.2, 0) is 4.74 Å². The predicted molar refractivity (Wildman–Crippen MR) is 83.7 cm³/mol. The average molecular weight is 306 g/mol. The topological polar surface area (TPSA) is 43.8 Å². The van der Waals surface area contributed by atoms with E-state index < -0.39 is 0 Å². The smallest absolute Gasteiger partial charge is 0.186 e. The molecule has 0 atom stereocenters. The summed E-state index contributed by atoms with van der Waals surface area (Å²) in [4.78, 5) is 7.00. The Bertz CT molecular complexity index is 609. The van der Waals surface area contributed by atoms with Gasteiger partial charge in [0, 0.05) is 24.0 Å². The zero-order valence-corrected chi connectivity index (χ0v) is 13.0. The summed E-state index contributed by atoms with van der Waals surface area (Å²) in [6.07, 6.45) is 0. The number of morpholine rings is 1. The van der Waals surface area contributed by atoms with E-state index in [-0.39, 0.29) is 0 Å². The molecule has 0 radical (unpaired) electrons. The Hall–Kier alpha value is -1.79. The minimum atomic E-state index is 0.761. The highest BCUT2D eigenvalue weighted by molar-refractivity contribution is 7.14. The van der Waals surface area contributed by atoms with Crippen LogP contribution in [0.25, 0.3) is 11.3 Å². The minimum Gasteiger partial charge on any atom is -0.497 e. The van der Waals surface area contributed by atoms with Crippen LogP contribution in [0.5, 0.6) is 11.5 Å². The van der Waals surface area contributed by atoms with E-state index in [1.54, 1.807) is 25.6 Å². The summed E-state index contributed by atoms with van der Waals surface area (Å²) in [5.74, 6) is 1.60. The summed E-state index contributed by atoms with van der Waals surface area (Å²) in [7, 11) is 3.33. The molecule has 21 heavy (non-hydrogen) atoms. The maximum atomic E-state index is 5.43. The summed E-state index contributed by atoms with van der Waals surface area (Å²) in [6, 6.07) is 5.75. The summed E-state index contributed by atoms with van der Waals surface area (Å²) < 4.78 is 16.1. The van der Waals surface area contributed by atoms with Gasteiger partial charge in [-0.05, 0) is 18.2 Å². The molecule has 2 heterocycles. The van der Waals surface area contributed by atoms with Gasteiger partial charge in [0.2, 0.25) is 0 Å². The van der Waals surface area contributed by atoms with Gasteiger partial charge in [-0.15, -0.1) is 11.3 Å². The van der Waals surface area contributed by atoms with E-state index in [1.165, 1.54) is 0 Å². The Labute approximate surface area is 128 Å². The molecule has 0 amide bonds. The van der Waals surface area contributed by atoms with Gasteiger partial charge in [0.15, 0.2) is 5.13 Å². The second-order valence-electron chi connectivity index (χ2n) is 4.68. The average Bonchev–Trinajstić information content (AvgIpc) is 3.05. The highest BCUT2D eigenvalue weighted by Crippen LogP contribution is 2.35. The molecular weight excluding hydrogens is 288 g/mol. The van der Waals surface area contributed by atoms with Crippen molar-refractivity contribution in [2.75, 3.05) is 45.4 Å². The molecule has 1 aliphatic rings. The molecule has 0 aliphatic carbocycles. The molecule has 1 aliphatic heterocycles. The number of anilines is 1. The lowest BCUT2D eigenvalue weighted by atomic mass is 10.1. The molecule has 0 spiro atoms.